The molecule has 104 valence electrons. The molecule has 0 aliphatic rings. The minimum atomic E-state index is -0.599. The number of rotatable bonds is 4. The molecule has 0 fully saturated rings. The van der Waals surface area contributed by atoms with Gasteiger partial charge in [0.05, 0.1) is 12.0 Å². The number of hydrogen-bond donors (Lipinski definition) is 1. The van der Waals surface area contributed by atoms with Crippen LogP contribution in [-0.2, 0) is 0 Å². The number of hydrogen-bond acceptors (Lipinski definition) is 6. The van der Waals surface area contributed by atoms with Gasteiger partial charge in [0, 0.05) is 12.1 Å². The summed E-state index contributed by atoms with van der Waals surface area (Å²) in [6.07, 6.45) is 0. The summed E-state index contributed by atoms with van der Waals surface area (Å²) >= 11 is 0. The summed E-state index contributed by atoms with van der Waals surface area (Å²) in [5.74, 6) is 0.969. The summed E-state index contributed by atoms with van der Waals surface area (Å²) in [5, 5.41) is 10.7. The van der Waals surface area contributed by atoms with Crippen molar-refractivity contribution in [2.24, 2.45) is 0 Å². The molecule has 0 amide bonds. The predicted octanol–water partition coefficient (Wildman–Crippen LogP) is 2.68. The van der Waals surface area contributed by atoms with Crippen molar-refractivity contribution in [2.45, 2.75) is 6.92 Å². The molecule has 0 atom stereocenters. The maximum atomic E-state index is 10.7. The number of nitro groups is 1. The van der Waals surface area contributed by atoms with E-state index in [9.17, 15) is 10.1 Å². The minimum absolute atomic E-state index is 0.162. The van der Waals surface area contributed by atoms with Crippen molar-refractivity contribution >= 4 is 11.5 Å². The van der Waals surface area contributed by atoms with Gasteiger partial charge in [-0.15, -0.1) is 0 Å². The Balaban J connectivity index is 2.31. The van der Waals surface area contributed by atoms with Gasteiger partial charge in [0.2, 0.25) is 11.7 Å². The SMILES string of the molecule is COc1cc(C)ccc1Oc1ccc([N+](=O)[O-])c(N)n1. The van der Waals surface area contributed by atoms with Crippen LogP contribution in [0.15, 0.2) is 30.3 Å². The lowest BCUT2D eigenvalue weighted by molar-refractivity contribution is -0.384. The summed E-state index contributed by atoms with van der Waals surface area (Å²) in [4.78, 5) is 13.9. The van der Waals surface area contributed by atoms with E-state index in [1.54, 1.807) is 6.07 Å². The van der Waals surface area contributed by atoms with Gasteiger partial charge in [-0.3, -0.25) is 10.1 Å². The average Bonchev–Trinajstić information content (AvgIpc) is 2.40. The number of anilines is 1. The Morgan fingerprint density at radius 3 is 2.60 bits per heavy atom. The summed E-state index contributed by atoms with van der Waals surface area (Å²) in [6.45, 7) is 1.93. The van der Waals surface area contributed by atoms with Gasteiger partial charge < -0.3 is 15.2 Å². The molecule has 1 aromatic heterocycles. The van der Waals surface area contributed by atoms with E-state index >= 15 is 0 Å². The van der Waals surface area contributed by atoms with E-state index in [1.807, 2.05) is 19.1 Å². The van der Waals surface area contributed by atoms with Gasteiger partial charge in [-0.25, -0.2) is 0 Å². The standard InChI is InChI=1S/C13H13N3O4/c1-8-3-5-10(11(7-8)19-2)20-12-6-4-9(16(17)18)13(14)15-12/h3-7H,1-2H3,(H2,14,15). The third-order valence-electron chi connectivity index (χ3n) is 2.61. The van der Waals surface area contributed by atoms with Gasteiger partial charge in [0.25, 0.3) is 0 Å². The predicted molar refractivity (Wildman–Crippen MR) is 73.1 cm³/mol. The van der Waals surface area contributed by atoms with E-state index in [0.29, 0.717) is 11.5 Å². The third kappa shape index (κ3) is 2.77. The molecular weight excluding hydrogens is 262 g/mol. The third-order valence-corrected chi connectivity index (χ3v) is 2.61. The normalized spacial score (nSPS) is 10.1. The summed E-state index contributed by atoms with van der Waals surface area (Å²) in [5.41, 5.74) is 6.27. The van der Waals surface area contributed by atoms with Gasteiger partial charge in [0.15, 0.2) is 11.5 Å². The van der Waals surface area contributed by atoms with E-state index in [0.717, 1.165) is 5.56 Å². The highest BCUT2D eigenvalue weighted by molar-refractivity contribution is 5.54. The number of aromatic nitrogens is 1. The average molecular weight is 275 g/mol. The first kappa shape index (κ1) is 13.6. The lowest BCUT2D eigenvalue weighted by Crippen LogP contribution is -2.00. The van der Waals surface area contributed by atoms with Gasteiger partial charge >= 0.3 is 5.69 Å². The molecule has 0 bridgehead atoms. The molecule has 2 aromatic rings. The largest absolute Gasteiger partial charge is 0.493 e. The monoisotopic (exact) mass is 275 g/mol. The zero-order valence-corrected chi connectivity index (χ0v) is 11.0. The highest BCUT2D eigenvalue weighted by Crippen LogP contribution is 2.32. The fraction of sp³-hybridized carbons (Fsp3) is 0.154. The van der Waals surface area contributed by atoms with Crippen molar-refractivity contribution in [1.29, 1.82) is 0 Å². The number of nitrogens with two attached hydrogens (primary N) is 1. The second-order valence-corrected chi connectivity index (χ2v) is 4.07. The molecule has 7 heteroatoms. The lowest BCUT2D eigenvalue weighted by Gasteiger charge is -2.10. The number of methoxy groups -OCH3 is 1. The molecule has 2 N–H and O–H groups in total. The van der Waals surface area contributed by atoms with Crippen LogP contribution in [0.5, 0.6) is 17.4 Å². The molecule has 0 saturated carbocycles. The first-order chi connectivity index (χ1) is 9.51. The van der Waals surface area contributed by atoms with E-state index in [2.05, 4.69) is 4.98 Å². The second kappa shape index (κ2) is 5.43. The van der Waals surface area contributed by atoms with Gasteiger partial charge in [0.1, 0.15) is 0 Å². The molecule has 20 heavy (non-hydrogen) atoms. The topological polar surface area (TPSA) is 101 Å². The lowest BCUT2D eigenvalue weighted by atomic mass is 10.2. The van der Waals surface area contributed by atoms with Crippen LogP contribution in [0, 0.1) is 17.0 Å². The molecule has 1 aromatic carbocycles. The zero-order valence-electron chi connectivity index (χ0n) is 11.0. The Hall–Kier alpha value is -2.83. The molecule has 2 rings (SSSR count). The van der Waals surface area contributed by atoms with Crippen LogP contribution < -0.4 is 15.2 Å². The van der Waals surface area contributed by atoms with Crippen LogP contribution in [0.1, 0.15) is 5.56 Å². The fourth-order valence-electron chi connectivity index (χ4n) is 1.63. The van der Waals surface area contributed by atoms with Gasteiger partial charge in [-0.2, -0.15) is 4.98 Å². The Kier molecular flexibility index (Phi) is 3.69. The van der Waals surface area contributed by atoms with Crippen LogP contribution in [-0.4, -0.2) is 17.0 Å². The fourth-order valence-corrected chi connectivity index (χ4v) is 1.63. The number of ether oxygens (including phenoxy) is 2. The zero-order chi connectivity index (χ0) is 14.7. The van der Waals surface area contributed by atoms with E-state index in [4.69, 9.17) is 15.2 Å². The second-order valence-electron chi connectivity index (χ2n) is 4.07. The Labute approximate surface area is 115 Å². The molecule has 0 unspecified atom stereocenters. The number of pyridine rings is 1. The van der Waals surface area contributed by atoms with Crippen LogP contribution in [0.4, 0.5) is 11.5 Å². The van der Waals surface area contributed by atoms with E-state index in [1.165, 1.54) is 19.2 Å². The number of benzene rings is 1. The van der Waals surface area contributed by atoms with Gasteiger partial charge in [-0.1, -0.05) is 6.07 Å². The number of aryl methyl sites for hydroxylation is 1. The van der Waals surface area contributed by atoms with Crippen LogP contribution >= 0.6 is 0 Å². The number of nitrogen functional groups attached to an aromatic ring is 1. The molecule has 0 aliphatic heterocycles. The highest BCUT2D eigenvalue weighted by Gasteiger charge is 2.14. The van der Waals surface area contributed by atoms with Crippen molar-refractivity contribution in [3.63, 3.8) is 0 Å². The van der Waals surface area contributed by atoms with Crippen LogP contribution in [0.3, 0.4) is 0 Å². The molecule has 0 aliphatic carbocycles. The quantitative estimate of drug-likeness (QED) is 0.680. The van der Waals surface area contributed by atoms with Crippen molar-refractivity contribution in [2.75, 3.05) is 12.8 Å². The van der Waals surface area contributed by atoms with Crippen molar-refractivity contribution in [3.8, 4) is 17.4 Å². The van der Waals surface area contributed by atoms with Crippen molar-refractivity contribution in [1.82, 2.24) is 4.98 Å². The Morgan fingerprint density at radius 2 is 2.00 bits per heavy atom. The molecule has 0 radical (unpaired) electrons. The summed E-state index contributed by atoms with van der Waals surface area (Å²) in [7, 11) is 1.53. The van der Waals surface area contributed by atoms with Gasteiger partial charge in [-0.05, 0) is 24.6 Å². The smallest absolute Gasteiger partial charge is 0.311 e. The molecule has 0 spiro atoms. The maximum absolute atomic E-state index is 10.7. The van der Waals surface area contributed by atoms with Crippen LogP contribution in [0.25, 0.3) is 0 Å². The number of nitrogens with zero attached hydrogens (tertiary/aromatic N) is 2. The minimum Gasteiger partial charge on any atom is -0.493 e. The molecule has 7 nitrogen and oxygen atoms in total. The molecular formula is C13H13N3O4. The summed E-state index contributed by atoms with van der Waals surface area (Å²) < 4.78 is 10.7. The van der Waals surface area contributed by atoms with Crippen LogP contribution in [0.2, 0.25) is 0 Å². The van der Waals surface area contributed by atoms with E-state index in [-0.39, 0.29) is 17.4 Å². The Morgan fingerprint density at radius 1 is 1.25 bits per heavy atom. The first-order valence-electron chi connectivity index (χ1n) is 5.74. The van der Waals surface area contributed by atoms with Crippen molar-refractivity contribution < 1.29 is 14.4 Å². The summed E-state index contributed by atoms with van der Waals surface area (Å²) in [6, 6.07) is 8.02. The maximum Gasteiger partial charge on any atom is 0.311 e. The first-order valence-corrected chi connectivity index (χ1v) is 5.74. The molecule has 0 saturated heterocycles. The van der Waals surface area contributed by atoms with Crippen molar-refractivity contribution in [3.05, 3.63) is 46.0 Å². The molecule has 1 heterocycles. The Bertz CT molecular complexity index is 658. The van der Waals surface area contributed by atoms with E-state index < -0.39 is 4.92 Å². The highest BCUT2D eigenvalue weighted by atomic mass is 16.6.